The summed E-state index contributed by atoms with van der Waals surface area (Å²) in [7, 11) is 0. The molecule has 5 heteroatoms. The highest BCUT2D eigenvalue weighted by atomic mass is 32.1. The van der Waals surface area contributed by atoms with Gasteiger partial charge < -0.3 is 5.32 Å². The normalized spacial score (nSPS) is 11.3. The van der Waals surface area contributed by atoms with Crippen LogP contribution in [0.15, 0.2) is 18.7 Å². The minimum atomic E-state index is 0.524. The molecule has 0 spiro atoms. The molecule has 2 heterocycles. The van der Waals surface area contributed by atoms with Gasteiger partial charge in [0.2, 0.25) is 0 Å². The molecule has 0 atom stereocenters. The number of aromatic nitrogens is 3. The minimum absolute atomic E-state index is 0.524. The standard InChI is InChI=1S/C12H18N4S/c1-9(2)14-5-12-4-11(10(3)17-12)6-16-8-13-7-15-16/h4,7-9,14H,5-6H2,1-3H3. The molecule has 0 amide bonds. The number of hydrogen-bond donors (Lipinski definition) is 1. The third kappa shape index (κ3) is 3.38. The van der Waals surface area contributed by atoms with Crippen LogP contribution in [0.25, 0.3) is 0 Å². The van der Waals surface area contributed by atoms with E-state index < -0.39 is 0 Å². The van der Waals surface area contributed by atoms with E-state index in [1.807, 2.05) is 16.0 Å². The van der Waals surface area contributed by atoms with Gasteiger partial charge in [0.25, 0.3) is 0 Å². The Kier molecular flexibility index (Phi) is 3.91. The first kappa shape index (κ1) is 12.3. The minimum Gasteiger partial charge on any atom is -0.310 e. The van der Waals surface area contributed by atoms with Crippen molar-refractivity contribution in [3.8, 4) is 0 Å². The molecule has 2 aromatic heterocycles. The van der Waals surface area contributed by atoms with Crippen LogP contribution in [0.3, 0.4) is 0 Å². The Hall–Kier alpha value is -1.20. The first-order valence-electron chi connectivity index (χ1n) is 5.79. The fourth-order valence-electron chi connectivity index (χ4n) is 1.63. The number of thiophene rings is 1. The number of hydrogen-bond acceptors (Lipinski definition) is 4. The Morgan fingerprint density at radius 2 is 2.29 bits per heavy atom. The first-order chi connectivity index (χ1) is 8.15. The summed E-state index contributed by atoms with van der Waals surface area (Å²) in [5.74, 6) is 0. The molecular weight excluding hydrogens is 232 g/mol. The number of rotatable bonds is 5. The SMILES string of the molecule is Cc1sc(CNC(C)C)cc1Cn1cncn1. The highest BCUT2D eigenvalue weighted by Crippen LogP contribution is 2.22. The van der Waals surface area contributed by atoms with E-state index in [4.69, 9.17) is 0 Å². The Morgan fingerprint density at radius 3 is 2.94 bits per heavy atom. The maximum Gasteiger partial charge on any atom is 0.137 e. The fraction of sp³-hybridized carbons (Fsp3) is 0.500. The molecule has 0 saturated carbocycles. The molecule has 2 rings (SSSR count). The molecule has 0 radical (unpaired) electrons. The lowest BCUT2D eigenvalue weighted by Crippen LogP contribution is -2.21. The Balaban J connectivity index is 2.03. The Bertz CT molecular complexity index is 459. The summed E-state index contributed by atoms with van der Waals surface area (Å²) in [6.07, 6.45) is 3.33. The van der Waals surface area contributed by atoms with E-state index in [-0.39, 0.29) is 0 Å². The molecule has 17 heavy (non-hydrogen) atoms. The second kappa shape index (κ2) is 5.42. The molecule has 0 aromatic carbocycles. The van der Waals surface area contributed by atoms with Crippen molar-refractivity contribution in [2.45, 2.75) is 39.9 Å². The Morgan fingerprint density at radius 1 is 1.47 bits per heavy atom. The van der Waals surface area contributed by atoms with Crippen molar-refractivity contribution in [1.29, 1.82) is 0 Å². The second-order valence-electron chi connectivity index (χ2n) is 4.42. The summed E-state index contributed by atoms with van der Waals surface area (Å²) in [6.45, 7) is 8.24. The highest BCUT2D eigenvalue weighted by molar-refractivity contribution is 7.12. The van der Waals surface area contributed by atoms with Gasteiger partial charge >= 0.3 is 0 Å². The quantitative estimate of drug-likeness (QED) is 0.884. The van der Waals surface area contributed by atoms with Crippen molar-refractivity contribution in [2.75, 3.05) is 0 Å². The van der Waals surface area contributed by atoms with E-state index in [1.165, 1.54) is 15.3 Å². The van der Waals surface area contributed by atoms with Crippen LogP contribution < -0.4 is 5.32 Å². The molecule has 4 nitrogen and oxygen atoms in total. The van der Waals surface area contributed by atoms with Crippen LogP contribution in [0.1, 0.15) is 29.2 Å². The summed E-state index contributed by atoms with van der Waals surface area (Å²) in [5, 5.41) is 7.57. The highest BCUT2D eigenvalue weighted by Gasteiger charge is 2.06. The van der Waals surface area contributed by atoms with E-state index in [2.05, 4.69) is 42.2 Å². The van der Waals surface area contributed by atoms with Crippen LogP contribution in [0, 0.1) is 6.92 Å². The average molecular weight is 250 g/mol. The van der Waals surface area contributed by atoms with Gasteiger partial charge in [-0.2, -0.15) is 5.10 Å². The van der Waals surface area contributed by atoms with Gasteiger partial charge in [0.1, 0.15) is 12.7 Å². The number of nitrogens with zero attached hydrogens (tertiary/aromatic N) is 3. The molecule has 0 fully saturated rings. The third-order valence-electron chi connectivity index (χ3n) is 2.56. The van der Waals surface area contributed by atoms with Crippen molar-refractivity contribution < 1.29 is 0 Å². The molecule has 0 bridgehead atoms. The third-order valence-corrected chi connectivity index (χ3v) is 3.65. The van der Waals surface area contributed by atoms with Crippen molar-refractivity contribution in [1.82, 2.24) is 20.1 Å². The van der Waals surface area contributed by atoms with Crippen LogP contribution in [0.2, 0.25) is 0 Å². The van der Waals surface area contributed by atoms with E-state index in [0.29, 0.717) is 6.04 Å². The lowest BCUT2D eigenvalue weighted by atomic mass is 10.2. The zero-order valence-corrected chi connectivity index (χ0v) is 11.3. The van der Waals surface area contributed by atoms with Crippen LogP contribution in [-0.2, 0) is 13.1 Å². The Labute approximate surface area is 106 Å². The van der Waals surface area contributed by atoms with Crippen LogP contribution in [0.5, 0.6) is 0 Å². The van der Waals surface area contributed by atoms with Crippen molar-refractivity contribution >= 4 is 11.3 Å². The molecule has 0 unspecified atom stereocenters. The monoisotopic (exact) mass is 250 g/mol. The van der Waals surface area contributed by atoms with Gasteiger partial charge in [0.05, 0.1) is 6.54 Å². The van der Waals surface area contributed by atoms with E-state index >= 15 is 0 Å². The molecular formula is C12H18N4S. The molecule has 1 N–H and O–H groups in total. The maximum absolute atomic E-state index is 4.13. The van der Waals surface area contributed by atoms with Gasteiger partial charge in [-0.3, -0.25) is 0 Å². The van der Waals surface area contributed by atoms with E-state index in [0.717, 1.165) is 13.1 Å². The zero-order valence-electron chi connectivity index (χ0n) is 10.5. The summed E-state index contributed by atoms with van der Waals surface area (Å²) in [4.78, 5) is 6.70. The smallest absolute Gasteiger partial charge is 0.137 e. The predicted octanol–water partition coefficient (Wildman–Crippen LogP) is 2.19. The maximum atomic E-state index is 4.13. The molecule has 0 aliphatic rings. The summed E-state index contributed by atoms with van der Waals surface area (Å²) < 4.78 is 1.86. The lowest BCUT2D eigenvalue weighted by molar-refractivity contribution is 0.593. The topological polar surface area (TPSA) is 42.7 Å². The van der Waals surface area contributed by atoms with Crippen LogP contribution in [0.4, 0.5) is 0 Å². The predicted molar refractivity (Wildman–Crippen MR) is 70.2 cm³/mol. The molecule has 92 valence electrons. The summed E-state index contributed by atoms with van der Waals surface area (Å²) in [5.41, 5.74) is 1.33. The van der Waals surface area contributed by atoms with Gasteiger partial charge in [-0.15, -0.1) is 11.3 Å². The van der Waals surface area contributed by atoms with Gasteiger partial charge in [-0.1, -0.05) is 13.8 Å². The van der Waals surface area contributed by atoms with Gasteiger partial charge in [0, 0.05) is 22.3 Å². The molecule has 0 aliphatic heterocycles. The largest absolute Gasteiger partial charge is 0.310 e. The van der Waals surface area contributed by atoms with Crippen molar-refractivity contribution in [3.63, 3.8) is 0 Å². The summed E-state index contributed by atoms with van der Waals surface area (Å²) >= 11 is 1.85. The molecule has 2 aromatic rings. The lowest BCUT2D eigenvalue weighted by Gasteiger charge is -2.05. The fourth-order valence-corrected chi connectivity index (χ4v) is 2.63. The molecule has 0 saturated heterocycles. The second-order valence-corrected chi connectivity index (χ2v) is 5.76. The van der Waals surface area contributed by atoms with Gasteiger partial charge in [-0.05, 0) is 18.6 Å². The van der Waals surface area contributed by atoms with Crippen LogP contribution >= 0.6 is 11.3 Å². The van der Waals surface area contributed by atoms with Gasteiger partial charge in [-0.25, -0.2) is 9.67 Å². The first-order valence-corrected chi connectivity index (χ1v) is 6.61. The zero-order chi connectivity index (χ0) is 12.3. The number of aryl methyl sites for hydroxylation is 1. The molecule has 0 aliphatic carbocycles. The van der Waals surface area contributed by atoms with Crippen LogP contribution in [-0.4, -0.2) is 20.8 Å². The average Bonchev–Trinajstić information content (AvgIpc) is 2.87. The van der Waals surface area contributed by atoms with Gasteiger partial charge in [0.15, 0.2) is 0 Å². The van der Waals surface area contributed by atoms with E-state index in [1.54, 1.807) is 12.7 Å². The summed E-state index contributed by atoms with van der Waals surface area (Å²) in [6, 6.07) is 2.79. The van der Waals surface area contributed by atoms with Crippen molar-refractivity contribution in [2.24, 2.45) is 0 Å². The number of nitrogens with one attached hydrogen (secondary N) is 1. The van der Waals surface area contributed by atoms with Crippen molar-refractivity contribution in [3.05, 3.63) is 34.0 Å². The van der Waals surface area contributed by atoms with E-state index in [9.17, 15) is 0 Å².